The highest BCUT2D eigenvalue weighted by atomic mass is 19.2. The quantitative estimate of drug-likeness (QED) is 0.715. The van der Waals surface area contributed by atoms with Crippen molar-refractivity contribution >= 4 is 0 Å². The summed E-state index contributed by atoms with van der Waals surface area (Å²) in [6.45, 7) is 1.75. The minimum absolute atomic E-state index is 0.0790. The van der Waals surface area contributed by atoms with Crippen LogP contribution in [0.25, 0.3) is 11.3 Å². The topological polar surface area (TPSA) is 39.1 Å². The summed E-state index contributed by atoms with van der Waals surface area (Å²) in [5.41, 5.74) is 0.828. The smallest absolute Gasteiger partial charge is 0.201 e. The maximum absolute atomic E-state index is 14.5. The Bertz CT molecular complexity index is 951. The van der Waals surface area contributed by atoms with Gasteiger partial charge in [-0.05, 0) is 49.7 Å². The van der Waals surface area contributed by atoms with Gasteiger partial charge in [-0.2, -0.15) is 9.49 Å². The van der Waals surface area contributed by atoms with Crippen LogP contribution < -0.4 is 10.1 Å². The molecule has 0 aliphatic carbocycles. The molecule has 4 nitrogen and oxygen atoms in total. The molecule has 1 fully saturated rings. The molecule has 7 heteroatoms. The number of hydrogen-bond donors (Lipinski definition) is 1. The first-order valence-electron chi connectivity index (χ1n) is 8.79. The average Bonchev–Trinajstić information content (AvgIpc) is 3.32. The van der Waals surface area contributed by atoms with Crippen LogP contribution in [0.1, 0.15) is 12.8 Å². The van der Waals surface area contributed by atoms with E-state index in [1.165, 1.54) is 24.3 Å². The largest absolute Gasteiger partial charge is 0.454 e. The third-order valence-corrected chi connectivity index (χ3v) is 4.57. The standard InChI is InChI=1S/C20H18F3N3O/c21-16-4-1-5-19(20(16)23)27-14-6-7-15(17(22)11-14)18-8-10-26(25-18)12-13-3-2-9-24-13/h1,4-8,10-11,13,24H,2-3,9,12H2/t13-/m1/s1. The fourth-order valence-electron chi connectivity index (χ4n) is 3.20. The molecule has 0 amide bonds. The summed E-state index contributed by atoms with van der Waals surface area (Å²) in [5, 5.41) is 7.83. The van der Waals surface area contributed by atoms with Crippen molar-refractivity contribution in [3.05, 3.63) is 66.1 Å². The van der Waals surface area contributed by atoms with Crippen molar-refractivity contribution in [2.75, 3.05) is 6.54 Å². The van der Waals surface area contributed by atoms with E-state index in [0.717, 1.165) is 38.1 Å². The lowest BCUT2D eigenvalue weighted by Gasteiger charge is -2.10. The molecule has 0 spiro atoms. The van der Waals surface area contributed by atoms with Gasteiger partial charge in [-0.25, -0.2) is 8.78 Å². The third-order valence-electron chi connectivity index (χ3n) is 4.57. The van der Waals surface area contributed by atoms with Gasteiger partial charge in [0.1, 0.15) is 11.6 Å². The lowest BCUT2D eigenvalue weighted by atomic mass is 10.1. The maximum Gasteiger partial charge on any atom is 0.201 e. The number of nitrogens with one attached hydrogen (secondary N) is 1. The van der Waals surface area contributed by atoms with E-state index in [9.17, 15) is 13.2 Å². The lowest BCUT2D eigenvalue weighted by molar-refractivity contribution is 0.414. The Hall–Kier alpha value is -2.80. The molecule has 27 heavy (non-hydrogen) atoms. The van der Waals surface area contributed by atoms with Crippen LogP contribution in [0, 0.1) is 17.5 Å². The van der Waals surface area contributed by atoms with Crippen molar-refractivity contribution < 1.29 is 17.9 Å². The van der Waals surface area contributed by atoms with Crippen LogP contribution in [0.3, 0.4) is 0 Å². The monoisotopic (exact) mass is 373 g/mol. The number of rotatable bonds is 5. The highest BCUT2D eigenvalue weighted by Crippen LogP contribution is 2.30. The van der Waals surface area contributed by atoms with E-state index in [1.807, 2.05) is 6.20 Å². The van der Waals surface area contributed by atoms with E-state index in [0.29, 0.717) is 17.3 Å². The highest BCUT2D eigenvalue weighted by molar-refractivity contribution is 5.60. The molecule has 0 radical (unpaired) electrons. The number of ether oxygens (including phenoxy) is 1. The van der Waals surface area contributed by atoms with E-state index in [2.05, 4.69) is 10.4 Å². The second kappa shape index (κ2) is 7.44. The maximum atomic E-state index is 14.5. The summed E-state index contributed by atoms with van der Waals surface area (Å²) in [4.78, 5) is 0. The van der Waals surface area contributed by atoms with Gasteiger partial charge in [0.2, 0.25) is 5.82 Å². The first-order valence-corrected chi connectivity index (χ1v) is 8.79. The average molecular weight is 373 g/mol. The Balaban J connectivity index is 1.51. The van der Waals surface area contributed by atoms with Gasteiger partial charge in [0, 0.05) is 23.9 Å². The zero-order valence-electron chi connectivity index (χ0n) is 14.5. The molecular weight excluding hydrogens is 355 g/mol. The summed E-state index contributed by atoms with van der Waals surface area (Å²) in [7, 11) is 0. The first-order chi connectivity index (χ1) is 13.1. The molecular formula is C20H18F3N3O. The van der Waals surface area contributed by atoms with Crippen LogP contribution in [0.4, 0.5) is 13.2 Å². The summed E-state index contributed by atoms with van der Waals surface area (Å²) in [6, 6.07) is 9.89. The Morgan fingerprint density at radius 3 is 2.78 bits per heavy atom. The Kier molecular flexibility index (Phi) is 4.85. The number of nitrogens with zero attached hydrogens (tertiary/aromatic N) is 2. The van der Waals surface area contributed by atoms with Gasteiger partial charge < -0.3 is 10.1 Å². The first kappa shape index (κ1) is 17.6. The molecule has 0 saturated carbocycles. The number of halogens is 3. The Morgan fingerprint density at radius 1 is 1.11 bits per heavy atom. The van der Waals surface area contributed by atoms with Crippen molar-refractivity contribution in [2.45, 2.75) is 25.4 Å². The molecule has 1 saturated heterocycles. The van der Waals surface area contributed by atoms with Crippen molar-refractivity contribution in [1.82, 2.24) is 15.1 Å². The van der Waals surface area contributed by atoms with E-state index in [4.69, 9.17) is 4.74 Å². The summed E-state index contributed by atoms with van der Waals surface area (Å²) >= 11 is 0. The van der Waals surface area contributed by atoms with Gasteiger partial charge in [0.25, 0.3) is 0 Å². The van der Waals surface area contributed by atoms with Crippen molar-refractivity contribution in [1.29, 1.82) is 0 Å². The summed E-state index contributed by atoms with van der Waals surface area (Å²) in [5.74, 6) is -2.90. The minimum Gasteiger partial charge on any atom is -0.454 e. The lowest BCUT2D eigenvalue weighted by Crippen LogP contribution is -2.26. The number of benzene rings is 2. The predicted molar refractivity (Wildman–Crippen MR) is 95.1 cm³/mol. The fourth-order valence-corrected chi connectivity index (χ4v) is 3.20. The van der Waals surface area contributed by atoms with Crippen molar-refractivity contribution in [3.8, 4) is 22.8 Å². The fraction of sp³-hybridized carbons (Fsp3) is 0.250. The van der Waals surface area contributed by atoms with Gasteiger partial charge >= 0.3 is 0 Å². The molecule has 140 valence electrons. The van der Waals surface area contributed by atoms with Crippen LogP contribution in [-0.2, 0) is 6.54 Å². The van der Waals surface area contributed by atoms with Gasteiger partial charge in [0.05, 0.1) is 12.2 Å². The SMILES string of the molecule is Fc1cc(Oc2cccc(F)c2F)ccc1-c1ccn(C[C@H]2CCCN2)n1. The van der Waals surface area contributed by atoms with Gasteiger partial charge in [-0.1, -0.05) is 6.07 Å². The zero-order valence-corrected chi connectivity index (χ0v) is 14.5. The van der Waals surface area contributed by atoms with Crippen LogP contribution in [-0.4, -0.2) is 22.4 Å². The van der Waals surface area contributed by atoms with E-state index >= 15 is 0 Å². The van der Waals surface area contributed by atoms with Gasteiger partial charge in [-0.3, -0.25) is 4.68 Å². The highest BCUT2D eigenvalue weighted by Gasteiger charge is 2.16. The molecule has 0 unspecified atom stereocenters. The summed E-state index contributed by atoms with van der Waals surface area (Å²) < 4.78 is 48.5. The predicted octanol–water partition coefficient (Wildman–Crippen LogP) is 4.51. The molecule has 1 aliphatic rings. The van der Waals surface area contributed by atoms with Gasteiger partial charge in [-0.15, -0.1) is 0 Å². The Labute approximate surface area is 154 Å². The van der Waals surface area contributed by atoms with Crippen molar-refractivity contribution in [2.24, 2.45) is 0 Å². The van der Waals surface area contributed by atoms with Crippen LogP contribution in [0.5, 0.6) is 11.5 Å². The van der Waals surface area contributed by atoms with Crippen LogP contribution >= 0.6 is 0 Å². The van der Waals surface area contributed by atoms with Gasteiger partial charge in [0.15, 0.2) is 11.6 Å². The summed E-state index contributed by atoms with van der Waals surface area (Å²) in [6.07, 6.45) is 4.08. The normalized spacial score (nSPS) is 16.6. The molecule has 2 aromatic carbocycles. The molecule has 0 bridgehead atoms. The molecule has 1 aromatic heterocycles. The molecule has 1 atom stereocenters. The van der Waals surface area contributed by atoms with E-state index in [1.54, 1.807) is 10.7 Å². The molecule has 1 aliphatic heterocycles. The molecule has 4 rings (SSSR count). The number of aromatic nitrogens is 2. The zero-order chi connectivity index (χ0) is 18.8. The van der Waals surface area contributed by atoms with Crippen LogP contribution in [0.2, 0.25) is 0 Å². The van der Waals surface area contributed by atoms with Crippen molar-refractivity contribution in [3.63, 3.8) is 0 Å². The second-order valence-electron chi connectivity index (χ2n) is 6.51. The molecule has 3 aromatic rings. The van der Waals surface area contributed by atoms with E-state index < -0.39 is 17.5 Å². The van der Waals surface area contributed by atoms with E-state index in [-0.39, 0.29) is 11.5 Å². The molecule has 1 N–H and O–H groups in total. The number of hydrogen-bond acceptors (Lipinski definition) is 3. The third kappa shape index (κ3) is 3.83. The van der Waals surface area contributed by atoms with Crippen LogP contribution in [0.15, 0.2) is 48.7 Å². The Morgan fingerprint density at radius 2 is 2.00 bits per heavy atom. The second-order valence-corrected chi connectivity index (χ2v) is 6.51. The minimum atomic E-state index is -1.11. The molecule has 2 heterocycles.